The molecule has 2 aliphatic heterocycles. The highest BCUT2D eigenvalue weighted by Crippen LogP contribution is 2.32. The van der Waals surface area contributed by atoms with Crippen LogP contribution in [0.2, 0.25) is 0 Å². The van der Waals surface area contributed by atoms with E-state index < -0.39 is 0 Å². The first-order valence-electron chi connectivity index (χ1n) is 14.8. The van der Waals surface area contributed by atoms with Crippen molar-refractivity contribution in [1.82, 2.24) is 29.8 Å². The molecule has 1 N–H and O–H groups in total. The van der Waals surface area contributed by atoms with Crippen LogP contribution in [-0.4, -0.2) is 88.8 Å². The third-order valence-electron chi connectivity index (χ3n) is 6.80. The smallest absolute Gasteiger partial charge is 0.227 e. The lowest BCUT2D eigenvalue weighted by molar-refractivity contribution is 0.122. The SMILES string of the molecule is CC.CC.CCN1CCN(c2nc(C)cc(Nc3cc4nc(-c5ccnc(N6CCOCC6)c5)sc4cn3)n2)CC1. The van der Waals surface area contributed by atoms with Crippen LogP contribution >= 0.6 is 11.3 Å². The van der Waals surface area contributed by atoms with E-state index in [9.17, 15) is 0 Å². The largest absolute Gasteiger partial charge is 0.378 e. The fourth-order valence-corrected chi connectivity index (χ4v) is 5.61. The zero-order chi connectivity index (χ0) is 29.2. The Kier molecular flexibility index (Phi) is 11.2. The molecule has 0 amide bonds. The van der Waals surface area contributed by atoms with E-state index in [-0.39, 0.29) is 0 Å². The monoisotopic (exact) mass is 577 g/mol. The third-order valence-corrected chi connectivity index (χ3v) is 7.86. The van der Waals surface area contributed by atoms with Gasteiger partial charge in [-0.25, -0.2) is 19.9 Å². The van der Waals surface area contributed by atoms with Crippen molar-refractivity contribution in [3.05, 3.63) is 42.4 Å². The number of nitrogens with one attached hydrogen (secondary N) is 1. The quantitative estimate of drug-likeness (QED) is 0.311. The van der Waals surface area contributed by atoms with Crippen LogP contribution in [-0.2, 0) is 4.74 Å². The molecule has 4 aromatic heterocycles. The number of ether oxygens (including phenoxy) is 1. The molecule has 0 aromatic carbocycles. The Morgan fingerprint density at radius 3 is 2.34 bits per heavy atom. The molecule has 0 unspecified atom stereocenters. The van der Waals surface area contributed by atoms with Crippen LogP contribution in [0.25, 0.3) is 20.8 Å². The van der Waals surface area contributed by atoms with Crippen LogP contribution in [0.5, 0.6) is 0 Å². The molecular formula is C30H43N9OS. The summed E-state index contributed by atoms with van der Waals surface area (Å²) >= 11 is 1.64. The maximum atomic E-state index is 5.48. The van der Waals surface area contributed by atoms with Gasteiger partial charge in [0.1, 0.15) is 22.5 Å². The standard InChI is InChI=1S/C26H31N9OS.2C2H6/c1-3-33-6-8-35(9-7-33)26-29-18(2)14-23(32-26)31-22-16-20-21(17-28-22)37-25(30-20)19-4-5-27-24(15-19)34-10-12-36-13-11-34;2*1-2/h4-5,14-17H,3,6-13H2,1-2H3,(H,28,29,31,32);2*1-2H3. The van der Waals surface area contributed by atoms with E-state index in [0.29, 0.717) is 5.82 Å². The number of fused-ring (bicyclic) bond motifs is 1. The fourth-order valence-electron chi connectivity index (χ4n) is 4.70. The molecule has 4 aromatic rings. The molecule has 6 heterocycles. The highest BCUT2D eigenvalue weighted by Gasteiger charge is 2.19. The number of likely N-dealkylation sites (N-methyl/N-ethyl adjacent to an activating group) is 1. The van der Waals surface area contributed by atoms with E-state index in [1.165, 1.54) is 0 Å². The summed E-state index contributed by atoms with van der Waals surface area (Å²) in [5.41, 5.74) is 2.89. The number of nitrogens with zero attached hydrogens (tertiary/aromatic N) is 8. The fraction of sp³-hybridized carbons (Fsp3) is 0.500. The van der Waals surface area contributed by atoms with Crippen LogP contribution in [0.1, 0.15) is 40.3 Å². The Hall–Kier alpha value is -3.41. The molecule has 2 fully saturated rings. The number of piperazine rings is 1. The van der Waals surface area contributed by atoms with Gasteiger partial charge >= 0.3 is 0 Å². The van der Waals surface area contributed by atoms with Crippen molar-refractivity contribution in [3.63, 3.8) is 0 Å². The molecule has 0 bridgehead atoms. The van der Waals surface area contributed by atoms with Crippen molar-refractivity contribution in [2.24, 2.45) is 0 Å². The topological polar surface area (TPSA) is 95.4 Å². The first kappa shape index (κ1) is 30.5. The van der Waals surface area contributed by atoms with Gasteiger partial charge in [-0.1, -0.05) is 34.6 Å². The zero-order valence-corrected chi connectivity index (χ0v) is 26.0. The van der Waals surface area contributed by atoms with Gasteiger partial charge in [0, 0.05) is 75.1 Å². The molecule has 0 atom stereocenters. The lowest BCUT2D eigenvalue weighted by Crippen LogP contribution is -2.46. The minimum atomic E-state index is 0.716. The summed E-state index contributed by atoms with van der Waals surface area (Å²) in [6.07, 6.45) is 3.73. The van der Waals surface area contributed by atoms with Gasteiger partial charge in [0.15, 0.2) is 0 Å². The van der Waals surface area contributed by atoms with Crippen LogP contribution < -0.4 is 15.1 Å². The molecule has 6 rings (SSSR count). The van der Waals surface area contributed by atoms with Crippen molar-refractivity contribution in [3.8, 4) is 10.6 Å². The second-order valence-corrected chi connectivity index (χ2v) is 10.3. The summed E-state index contributed by atoms with van der Waals surface area (Å²) in [5, 5.41) is 4.33. The Bertz CT molecular complexity index is 1380. The van der Waals surface area contributed by atoms with Crippen molar-refractivity contribution in [2.75, 3.05) is 74.1 Å². The number of hydrogen-bond acceptors (Lipinski definition) is 11. The average Bonchev–Trinajstić information content (AvgIpc) is 3.47. The minimum Gasteiger partial charge on any atom is -0.378 e. The second kappa shape index (κ2) is 15.0. The molecule has 41 heavy (non-hydrogen) atoms. The van der Waals surface area contributed by atoms with E-state index in [4.69, 9.17) is 14.7 Å². The summed E-state index contributed by atoms with van der Waals surface area (Å²) in [6.45, 7) is 20.4. The van der Waals surface area contributed by atoms with Crippen molar-refractivity contribution in [2.45, 2.75) is 41.5 Å². The van der Waals surface area contributed by atoms with Crippen molar-refractivity contribution < 1.29 is 4.74 Å². The molecule has 0 spiro atoms. The van der Waals surface area contributed by atoms with Gasteiger partial charge in [0.05, 0.1) is 23.4 Å². The number of morpholine rings is 1. The van der Waals surface area contributed by atoms with Gasteiger partial charge < -0.3 is 24.8 Å². The lowest BCUT2D eigenvalue weighted by atomic mass is 10.2. The molecule has 220 valence electrons. The maximum Gasteiger partial charge on any atom is 0.227 e. The number of rotatable bonds is 6. The number of anilines is 4. The summed E-state index contributed by atoms with van der Waals surface area (Å²) in [6, 6.07) is 8.06. The summed E-state index contributed by atoms with van der Waals surface area (Å²) in [5.74, 6) is 3.19. The third kappa shape index (κ3) is 7.66. The van der Waals surface area contributed by atoms with Gasteiger partial charge in [-0.05, 0) is 25.6 Å². The Morgan fingerprint density at radius 1 is 0.854 bits per heavy atom. The molecule has 0 radical (unpaired) electrons. The van der Waals surface area contributed by atoms with E-state index >= 15 is 0 Å². The summed E-state index contributed by atoms with van der Waals surface area (Å²) in [4.78, 5) is 30.6. The van der Waals surface area contributed by atoms with E-state index in [2.05, 4.69) is 48.0 Å². The molecule has 11 heteroatoms. The lowest BCUT2D eigenvalue weighted by Gasteiger charge is -2.34. The normalized spacial score (nSPS) is 15.6. The summed E-state index contributed by atoms with van der Waals surface area (Å²) < 4.78 is 6.52. The first-order chi connectivity index (χ1) is 20.1. The van der Waals surface area contributed by atoms with Crippen LogP contribution in [0.15, 0.2) is 36.7 Å². The first-order valence-corrected chi connectivity index (χ1v) is 15.6. The molecular weight excluding hydrogens is 534 g/mol. The van der Waals surface area contributed by atoms with E-state index in [1.807, 2.05) is 65.2 Å². The van der Waals surface area contributed by atoms with Crippen LogP contribution in [0.4, 0.5) is 23.4 Å². The van der Waals surface area contributed by atoms with Crippen LogP contribution in [0, 0.1) is 6.92 Å². The number of thiazole rings is 1. The Labute approximate surface area is 247 Å². The zero-order valence-electron chi connectivity index (χ0n) is 25.2. The van der Waals surface area contributed by atoms with Gasteiger partial charge in [-0.15, -0.1) is 11.3 Å². The number of pyridine rings is 2. The van der Waals surface area contributed by atoms with Gasteiger partial charge in [-0.2, -0.15) is 4.98 Å². The molecule has 0 saturated carbocycles. The second-order valence-electron chi connectivity index (χ2n) is 9.30. The van der Waals surface area contributed by atoms with E-state index in [0.717, 1.165) is 103 Å². The molecule has 2 aliphatic rings. The van der Waals surface area contributed by atoms with E-state index in [1.54, 1.807) is 11.3 Å². The van der Waals surface area contributed by atoms with Gasteiger partial charge in [-0.3, -0.25) is 0 Å². The highest BCUT2D eigenvalue weighted by molar-refractivity contribution is 7.21. The Morgan fingerprint density at radius 2 is 1.61 bits per heavy atom. The maximum absolute atomic E-state index is 5.48. The molecule has 0 aliphatic carbocycles. The number of aryl methyl sites for hydroxylation is 1. The Balaban J connectivity index is 0.000000929. The highest BCUT2D eigenvalue weighted by atomic mass is 32.1. The van der Waals surface area contributed by atoms with Crippen LogP contribution in [0.3, 0.4) is 0 Å². The predicted molar refractivity (Wildman–Crippen MR) is 171 cm³/mol. The van der Waals surface area contributed by atoms with Crippen molar-refractivity contribution in [1.29, 1.82) is 0 Å². The van der Waals surface area contributed by atoms with Gasteiger partial charge in [0.2, 0.25) is 5.95 Å². The van der Waals surface area contributed by atoms with Gasteiger partial charge in [0.25, 0.3) is 0 Å². The molecule has 2 saturated heterocycles. The number of aromatic nitrogens is 5. The summed E-state index contributed by atoms with van der Waals surface area (Å²) in [7, 11) is 0. The molecule has 10 nitrogen and oxygen atoms in total. The predicted octanol–water partition coefficient (Wildman–Crippen LogP) is 5.63. The minimum absolute atomic E-state index is 0.716. The van der Waals surface area contributed by atoms with Crippen molar-refractivity contribution >= 4 is 45.0 Å². The number of hydrogen-bond donors (Lipinski definition) is 1. The average molecular weight is 578 g/mol.